The Kier molecular flexibility index (Phi) is 7.24. The third-order valence-electron chi connectivity index (χ3n) is 3.38. The summed E-state index contributed by atoms with van der Waals surface area (Å²) < 4.78 is 12.0. The highest BCUT2D eigenvalue weighted by molar-refractivity contribution is 7.71. The first-order valence-corrected chi connectivity index (χ1v) is 8.73. The molecule has 0 aliphatic carbocycles. The van der Waals surface area contributed by atoms with Gasteiger partial charge in [0.25, 0.3) is 5.56 Å². The molecule has 2 rings (SSSR count). The minimum Gasteiger partial charge on any atom is -0.490 e. The Balaban J connectivity index is 2.33. The van der Waals surface area contributed by atoms with Crippen molar-refractivity contribution in [2.45, 2.75) is 26.7 Å². The molecule has 10 heteroatoms. The average molecular weight is 392 g/mol. The maximum Gasteiger partial charge on any atom is 0.303 e. The van der Waals surface area contributed by atoms with Crippen molar-refractivity contribution in [2.24, 2.45) is 5.10 Å². The molecule has 144 valence electrons. The number of carboxylic acids is 1. The van der Waals surface area contributed by atoms with Crippen molar-refractivity contribution in [1.29, 1.82) is 0 Å². The van der Waals surface area contributed by atoms with Gasteiger partial charge in [0.15, 0.2) is 11.5 Å². The van der Waals surface area contributed by atoms with Gasteiger partial charge in [0.2, 0.25) is 4.77 Å². The smallest absolute Gasteiger partial charge is 0.303 e. The van der Waals surface area contributed by atoms with Crippen LogP contribution >= 0.6 is 12.2 Å². The van der Waals surface area contributed by atoms with Gasteiger partial charge in [-0.3, -0.25) is 14.7 Å². The summed E-state index contributed by atoms with van der Waals surface area (Å²) in [5.74, 6) is 0.162. The van der Waals surface area contributed by atoms with Crippen LogP contribution in [0, 0.1) is 4.77 Å². The number of nitrogens with zero attached hydrogens (tertiary/aromatic N) is 3. The van der Waals surface area contributed by atoms with Crippen LogP contribution in [-0.4, -0.2) is 45.4 Å². The van der Waals surface area contributed by atoms with E-state index in [0.29, 0.717) is 30.3 Å². The van der Waals surface area contributed by atoms with Gasteiger partial charge >= 0.3 is 5.97 Å². The predicted molar refractivity (Wildman–Crippen MR) is 101 cm³/mol. The molecule has 1 aromatic heterocycles. The molecule has 0 bridgehead atoms. The van der Waals surface area contributed by atoms with E-state index in [2.05, 4.69) is 15.3 Å². The molecule has 1 aromatic carbocycles. The van der Waals surface area contributed by atoms with E-state index in [-0.39, 0.29) is 23.3 Å². The fourth-order valence-electron chi connectivity index (χ4n) is 2.19. The topological polar surface area (TPSA) is 119 Å². The number of aryl methyl sites for hydroxylation is 1. The summed E-state index contributed by atoms with van der Waals surface area (Å²) in [5, 5.41) is 19.2. The largest absolute Gasteiger partial charge is 0.490 e. The number of rotatable bonds is 9. The van der Waals surface area contributed by atoms with Crippen molar-refractivity contribution in [2.75, 3.05) is 13.2 Å². The molecule has 0 radical (unpaired) electrons. The van der Waals surface area contributed by atoms with Crippen LogP contribution in [0.25, 0.3) is 0 Å². The van der Waals surface area contributed by atoms with E-state index in [1.807, 2.05) is 13.8 Å². The molecular weight excluding hydrogens is 372 g/mol. The molecule has 27 heavy (non-hydrogen) atoms. The minimum absolute atomic E-state index is 0.00583. The first-order chi connectivity index (χ1) is 13.0. The predicted octanol–water partition coefficient (Wildman–Crippen LogP) is 2.00. The molecule has 1 heterocycles. The Morgan fingerprint density at radius 2 is 2.04 bits per heavy atom. The molecule has 0 unspecified atom stereocenters. The zero-order valence-electron chi connectivity index (χ0n) is 15.0. The van der Waals surface area contributed by atoms with Gasteiger partial charge in [0.05, 0.1) is 25.8 Å². The SMILES string of the molecule is CCOc1ccc(/C=N\n2c(=S)[nH]nc(CCC(=O)O)c2=O)cc1OCC. The lowest BCUT2D eigenvalue weighted by Crippen LogP contribution is -2.25. The van der Waals surface area contributed by atoms with E-state index >= 15 is 0 Å². The molecule has 0 atom stereocenters. The van der Waals surface area contributed by atoms with Crippen LogP contribution in [0.2, 0.25) is 0 Å². The highest BCUT2D eigenvalue weighted by Crippen LogP contribution is 2.27. The second kappa shape index (κ2) is 9.62. The number of nitrogens with one attached hydrogen (secondary N) is 1. The summed E-state index contributed by atoms with van der Waals surface area (Å²) in [7, 11) is 0. The number of carbonyl (C=O) groups is 1. The Bertz CT molecular complexity index is 951. The number of aromatic amines is 1. The summed E-state index contributed by atoms with van der Waals surface area (Å²) in [6.45, 7) is 4.73. The number of aromatic nitrogens is 3. The average Bonchev–Trinajstić information content (AvgIpc) is 2.63. The number of carboxylic acid groups (broad SMARTS) is 1. The van der Waals surface area contributed by atoms with Gasteiger partial charge in [0, 0.05) is 6.42 Å². The summed E-state index contributed by atoms with van der Waals surface area (Å²) in [5.41, 5.74) is 0.157. The van der Waals surface area contributed by atoms with Crippen molar-refractivity contribution in [3.8, 4) is 11.5 Å². The second-order valence-corrected chi connectivity index (χ2v) is 5.69. The van der Waals surface area contributed by atoms with Crippen molar-refractivity contribution in [1.82, 2.24) is 14.9 Å². The lowest BCUT2D eigenvalue weighted by atomic mass is 10.2. The third kappa shape index (κ3) is 5.48. The highest BCUT2D eigenvalue weighted by Gasteiger charge is 2.09. The lowest BCUT2D eigenvalue weighted by molar-refractivity contribution is -0.136. The minimum atomic E-state index is -1.02. The van der Waals surface area contributed by atoms with E-state index in [1.54, 1.807) is 18.2 Å². The zero-order valence-corrected chi connectivity index (χ0v) is 15.8. The number of hydrogen-bond donors (Lipinski definition) is 2. The molecule has 0 aliphatic rings. The summed E-state index contributed by atoms with van der Waals surface area (Å²) in [6, 6.07) is 5.26. The summed E-state index contributed by atoms with van der Waals surface area (Å²) >= 11 is 5.04. The van der Waals surface area contributed by atoms with Gasteiger partial charge in [-0.1, -0.05) is 0 Å². The number of ether oxygens (including phenoxy) is 2. The van der Waals surface area contributed by atoms with Gasteiger partial charge in [-0.25, -0.2) is 0 Å². The van der Waals surface area contributed by atoms with Crippen LogP contribution in [0.15, 0.2) is 28.1 Å². The van der Waals surface area contributed by atoms with Gasteiger partial charge in [-0.15, -0.1) is 0 Å². The number of hydrogen-bond acceptors (Lipinski definition) is 7. The Morgan fingerprint density at radius 1 is 1.33 bits per heavy atom. The van der Waals surface area contributed by atoms with E-state index in [0.717, 1.165) is 4.68 Å². The van der Waals surface area contributed by atoms with Gasteiger partial charge in [0.1, 0.15) is 5.69 Å². The molecule has 2 N–H and O–H groups in total. The molecule has 9 nitrogen and oxygen atoms in total. The number of aliphatic carboxylic acids is 1. The molecule has 0 aliphatic heterocycles. The third-order valence-corrected chi connectivity index (χ3v) is 3.65. The van der Waals surface area contributed by atoms with Gasteiger partial charge in [-0.2, -0.15) is 14.9 Å². The zero-order chi connectivity index (χ0) is 19.8. The number of H-pyrrole nitrogens is 1. The first kappa shape index (κ1) is 20.3. The van der Waals surface area contributed by atoms with E-state index in [1.165, 1.54) is 6.21 Å². The van der Waals surface area contributed by atoms with E-state index in [9.17, 15) is 9.59 Å². The van der Waals surface area contributed by atoms with Crippen molar-refractivity contribution in [3.05, 3.63) is 44.6 Å². The second-order valence-electron chi connectivity index (χ2n) is 5.30. The summed E-state index contributed by atoms with van der Waals surface area (Å²) in [6.07, 6.45) is 1.21. The van der Waals surface area contributed by atoms with Crippen LogP contribution < -0.4 is 15.0 Å². The Morgan fingerprint density at radius 3 is 2.70 bits per heavy atom. The Hall–Kier alpha value is -3.01. The van der Waals surface area contributed by atoms with Gasteiger partial charge < -0.3 is 14.6 Å². The van der Waals surface area contributed by atoms with Crippen LogP contribution in [0.4, 0.5) is 0 Å². The molecule has 0 saturated carbocycles. The van der Waals surface area contributed by atoms with Gasteiger partial charge in [-0.05, 0) is 49.8 Å². The molecule has 2 aromatic rings. The maximum absolute atomic E-state index is 12.4. The Labute approximate surface area is 160 Å². The molecule has 0 spiro atoms. The van der Waals surface area contributed by atoms with Crippen LogP contribution in [0.1, 0.15) is 31.5 Å². The molecule has 0 saturated heterocycles. The lowest BCUT2D eigenvalue weighted by Gasteiger charge is -2.11. The van der Waals surface area contributed by atoms with Crippen LogP contribution in [0.5, 0.6) is 11.5 Å². The molecule has 0 amide bonds. The van der Waals surface area contributed by atoms with Crippen LogP contribution in [0.3, 0.4) is 0 Å². The van der Waals surface area contributed by atoms with Crippen molar-refractivity contribution < 1.29 is 19.4 Å². The fourth-order valence-corrected chi connectivity index (χ4v) is 2.37. The molecule has 0 fully saturated rings. The summed E-state index contributed by atoms with van der Waals surface area (Å²) in [4.78, 5) is 23.1. The highest BCUT2D eigenvalue weighted by atomic mass is 32.1. The molecular formula is C17H20N4O5S. The first-order valence-electron chi connectivity index (χ1n) is 8.32. The fraction of sp³-hybridized carbons (Fsp3) is 0.353. The number of benzene rings is 1. The van der Waals surface area contributed by atoms with Crippen molar-refractivity contribution in [3.63, 3.8) is 0 Å². The van der Waals surface area contributed by atoms with Crippen molar-refractivity contribution >= 4 is 24.4 Å². The van der Waals surface area contributed by atoms with E-state index in [4.69, 9.17) is 26.8 Å². The van der Waals surface area contributed by atoms with Crippen LogP contribution in [-0.2, 0) is 11.2 Å². The standard InChI is InChI=1S/C17H20N4O5S/c1-3-25-13-7-5-11(9-14(13)26-4-2)10-18-21-16(24)12(6-8-15(22)23)19-20-17(21)27/h5,7,9-10H,3-4,6,8H2,1-2H3,(H,20,27)(H,22,23)/b18-10-. The normalized spacial score (nSPS) is 10.9. The monoisotopic (exact) mass is 392 g/mol. The quantitative estimate of drug-likeness (QED) is 0.495. The maximum atomic E-state index is 12.4. The van der Waals surface area contributed by atoms with E-state index < -0.39 is 11.5 Å².